The molecule has 2 heterocycles. The summed E-state index contributed by atoms with van der Waals surface area (Å²) in [4.78, 5) is 3.87. The first kappa shape index (κ1) is 17.9. The van der Waals surface area contributed by atoms with Crippen molar-refractivity contribution in [1.29, 1.82) is 0 Å². The number of hydrogen-bond acceptors (Lipinski definition) is 6. The molecule has 0 aliphatic carbocycles. The molecule has 25 heavy (non-hydrogen) atoms. The smallest absolute Gasteiger partial charge is 0.338 e. The minimum Gasteiger partial charge on any atom is -0.338 e. The van der Waals surface area contributed by atoms with E-state index in [4.69, 9.17) is 16.1 Å². The lowest BCUT2D eigenvalue weighted by Gasteiger charge is -2.06. The van der Waals surface area contributed by atoms with E-state index in [9.17, 15) is 21.6 Å². The van der Waals surface area contributed by atoms with Crippen molar-refractivity contribution >= 4 is 32.8 Å². The molecule has 0 saturated heterocycles. The molecule has 0 atom stereocenters. The van der Waals surface area contributed by atoms with Gasteiger partial charge in [0.15, 0.2) is 9.84 Å². The summed E-state index contributed by atoms with van der Waals surface area (Å²) in [6.45, 7) is 0. The molecule has 0 aliphatic heterocycles. The first-order valence-electron chi connectivity index (χ1n) is 6.63. The van der Waals surface area contributed by atoms with Gasteiger partial charge < -0.3 is 4.52 Å². The molecule has 0 aliphatic rings. The molecule has 5 nitrogen and oxygen atoms in total. The number of alkyl halides is 3. The van der Waals surface area contributed by atoms with Gasteiger partial charge in [-0.3, -0.25) is 0 Å². The summed E-state index contributed by atoms with van der Waals surface area (Å²) in [5.74, 6) is -0.923. The number of hydrogen-bond donors (Lipinski definition) is 0. The van der Waals surface area contributed by atoms with Crippen LogP contribution in [0.3, 0.4) is 0 Å². The van der Waals surface area contributed by atoms with E-state index in [1.165, 1.54) is 24.3 Å². The van der Waals surface area contributed by atoms with Crippen LogP contribution >= 0.6 is 22.9 Å². The molecular weight excluding hydrogens is 401 g/mol. The maximum absolute atomic E-state index is 12.7. The molecular formula is C14H8ClF3N2O3S2. The van der Waals surface area contributed by atoms with Gasteiger partial charge in [0, 0.05) is 5.56 Å². The van der Waals surface area contributed by atoms with Crippen molar-refractivity contribution in [3.63, 3.8) is 0 Å². The van der Waals surface area contributed by atoms with Crippen molar-refractivity contribution in [2.75, 3.05) is 0 Å². The molecule has 0 fully saturated rings. The normalized spacial score (nSPS) is 12.5. The second-order valence-corrected chi connectivity index (χ2v) is 8.84. The van der Waals surface area contributed by atoms with Crippen LogP contribution in [-0.2, 0) is 21.8 Å². The van der Waals surface area contributed by atoms with Crippen molar-refractivity contribution in [2.24, 2.45) is 0 Å². The van der Waals surface area contributed by atoms with Crippen molar-refractivity contribution in [3.05, 3.63) is 52.2 Å². The molecule has 0 radical (unpaired) electrons. The molecule has 0 bridgehead atoms. The first-order valence-corrected chi connectivity index (χ1v) is 9.48. The van der Waals surface area contributed by atoms with E-state index in [2.05, 4.69) is 10.1 Å². The van der Waals surface area contributed by atoms with Gasteiger partial charge >= 0.3 is 6.18 Å². The highest BCUT2D eigenvalue weighted by atomic mass is 35.5. The van der Waals surface area contributed by atoms with Crippen LogP contribution in [0.5, 0.6) is 0 Å². The van der Waals surface area contributed by atoms with E-state index in [1.807, 2.05) is 0 Å². The van der Waals surface area contributed by atoms with Crippen molar-refractivity contribution in [2.45, 2.75) is 16.1 Å². The Morgan fingerprint density at radius 1 is 1.20 bits per heavy atom. The zero-order valence-electron chi connectivity index (χ0n) is 12.1. The molecule has 0 unspecified atom stereocenters. The zero-order chi connectivity index (χ0) is 18.2. The third-order valence-corrected chi connectivity index (χ3v) is 6.50. The lowest BCUT2D eigenvalue weighted by atomic mass is 10.1. The lowest BCUT2D eigenvalue weighted by molar-refractivity contribution is -0.137. The highest BCUT2D eigenvalue weighted by Crippen LogP contribution is 2.32. The molecule has 3 aromatic rings. The monoisotopic (exact) mass is 408 g/mol. The standard InChI is InChI=1S/C14H8ClF3N2O3S2/c15-10-4-5-12(24-10)25(21,22)7-11-19-13(20-23-11)8-2-1-3-9(6-8)14(16,17)18/h1-6H,7H2. The molecule has 0 saturated carbocycles. The van der Waals surface area contributed by atoms with Gasteiger partial charge in [0.2, 0.25) is 11.7 Å². The number of halogens is 4. The minimum absolute atomic E-state index is 0.0383. The van der Waals surface area contributed by atoms with Crippen LogP contribution in [-0.4, -0.2) is 18.6 Å². The fourth-order valence-corrected chi connectivity index (χ4v) is 4.69. The molecule has 132 valence electrons. The topological polar surface area (TPSA) is 73.1 Å². The second-order valence-electron chi connectivity index (χ2n) is 4.91. The number of sulfone groups is 1. The van der Waals surface area contributed by atoms with E-state index >= 15 is 0 Å². The molecule has 0 amide bonds. The van der Waals surface area contributed by atoms with E-state index in [1.54, 1.807) is 0 Å². The molecule has 3 rings (SSSR count). The summed E-state index contributed by atoms with van der Waals surface area (Å²) < 4.78 is 67.9. The highest BCUT2D eigenvalue weighted by Gasteiger charge is 2.31. The number of rotatable bonds is 4. The van der Waals surface area contributed by atoms with Crippen LogP contribution in [0.4, 0.5) is 13.2 Å². The quantitative estimate of drug-likeness (QED) is 0.638. The summed E-state index contributed by atoms with van der Waals surface area (Å²) in [5, 5.41) is 3.55. The third kappa shape index (κ3) is 4.02. The number of nitrogens with zero attached hydrogens (tertiary/aromatic N) is 2. The Morgan fingerprint density at radius 2 is 1.96 bits per heavy atom. The third-order valence-electron chi connectivity index (χ3n) is 3.08. The van der Waals surface area contributed by atoms with Crippen LogP contribution in [0, 0.1) is 0 Å². The van der Waals surface area contributed by atoms with Crippen LogP contribution in [0.25, 0.3) is 11.4 Å². The Balaban J connectivity index is 1.86. The molecule has 11 heteroatoms. The average molecular weight is 409 g/mol. The van der Waals surface area contributed by atoms with Crippen LogP contribution in [0.1, 0.15) is 11.5 Å². The van der Waals surface area contributed by atoms with Crippen molar-refractivity contribution in [1.82, 2.24) is 10.1 Å². The van der Waals surface area contributed by atoms with Gasteiger partial charge in [-0.15, -0.1) is 11.3 Å². The molecule has 0 N–H and O–H groups in total. The minimum atomic E-state index is -4.51. The predicted octanol–water partition coefficient (Wildman–Crippen LogP) is 4.44. The van der Waals surface area contributed by atoms with Gasteiger partial charge in [0.05, 0.1) is 9.90 Å². The summed E-state index contributed by atoms with van der Waals surface area (Å²) >= 11 is 6.60. The van der Waals surface area contributed by atoms with E-state index < -0.39 is 27.3 Å². The Morgan fingerprint density at radius 3 is 2.60 bits per heavy atom. The van der Waals surface area contributed by atoms with Gasteiger partial charge in [-0.05, 0) is 24.3 Å². The number of thiophene rings is 1. The number of benzene rings is 1. The fourth-order valence-electron chi connectivity index (χ4n) is 1.96. The van der Waals surface area contributed by atoms with E-state index in [0.29, 0.717) is 4.34 Å². The van der Waals surface area contributed by atoms with Gasteiger partial charge in [-0.25, -0.2) is 8.42 Å². The fraction of sp³-hybridized carbons (Fsp3) is 0.143. The van der Waals surface area contributed by atoms with Crippen LogP contribution in [0.15, 0.2) is 45.1 Å². The van der Waals surface area contributed by atoms with Gasteiger partial charge in [0.25, 0.3) is 0 Å². The van der Waals surface area contributed by atoms with Gasteiger partial charge in [-0.2, -0.15) is 18.2 Å². The summed E-state index contributed by atoms with van der Waals surface area (Å²) in [6.07, 6.45) is -4.51. The largest absolute Gasteiger partial charge is 0.416 e. The van der Waals surface area contributed by atoms with Gasteiger partial charge in [-0.1, -0.05) is 28.9 Å². The lowest BCUT2D eigenvalue weighted by Crippen LogP contribution is -2.04. The maximum atomic E-state index is 12.7. The maximum Gasteiger partial charge on any atom is 0.416 e. The molecule has 0 spiro atoms. The van der Waals surface area contributed by atoms with Crippen LogP contribution < -0.4 is 0 Å². The summed E-state index contributed by atoms with van der Waals surface area (Å²) in [7, 11) is -3.73. The average Bonchev–Trinajstić information content (AvgIpc) is 3.16. The number of aromatic nitrogens is 2. The molecule has 1 aromatic carbocycles. The van der Waals surface area contributed by atoms with Crippen molar-refractivity contribution in [3.8, 4) is 11.4 Å². The Bertz CT molecular complexity index is 1010. The Hall–Kier alpha value is -1.91. The predicted molar refractivity (Wildman–Crippen MR) is 85.0 cm³/mol. The molecule has 2 aromatic heterocycles. The zero-order valence-corrected chi connectivity index (χ0v) is 14.5. The van der Waals surface area contributed by atoms with Gasteiger partial charge in [0.1, 0.15) is 9.96 Å². The Kier molecular flexibility index (Phi) is 4.60. The summed E-state index contributed by atoms with van der Waals surface area (Å²) in [6, 6.07) is 7.15. The second kappa shape index (κ2) is 6.43. The van der Waals surface area contributed by atoms with Crippen LogP contribution in [0.2, 0.25) is 4.34 Å². The SMILES string of the molecule is O=S(=O)(Cc1nc(-c2cccc(C(F)(F)F)c2)no1)c1ccc(Cl)s1. The van der Waals surface area contributed by atoms with Crippen molar-refractivity contribution < 1.29 is 26.1 Å². The highest BCUT2D eigenvalue weighted by molar-refractivity contribution is 7.92. The first-order chi connectivity index (χ1) is 11.6. The van der Waals surface area contributed by atoms with E-state index in [0.717, 1.165) is 23.5 Å². The van der Waals surface area contributed by atoms with E-state index in [-0.39, 0.29) is 21.5 Å². The Labute approximate surface area is 149 Å². The summed E-state index contributed by atoms with van der Waals surface area (Å²) in [5.41, 5.74) is -0.793.